The predicted octanol–water partition coefficient (Wildman–Crippen LogP) is -0.728. The van der Waals surface area contributed by atoms with Gasteiger partial charge in [0.2, 0.25) is 11.9 Å². The quantitative estimate of drug-likeness (QED) is 0.574. The zero-order chi connectivity index (χ0) is 12.7. The highest BCUT2D eigenvalue weighted by Crippen LogP contribution is 2.08. The van der Waals surface area contributed by atoms with Crippen molar-refractivity contribution in [3.63, 3.8) is 0 Å². The fourth-order valence-corrected chi connectivity index (χ4v) is 1.11. The molecule has 0 fully saturated rings. The Kier molecular flexibility index (Phi) is 5.37. The van der Waals surface area contributed by atoms with Gasteiger partial charge in [-0.05, 0) is 6.92 Å². The van der Waals surface area contributed by atoms with Crippen LogP contribution in [0.1, 0.15) is 6.92 Å². The summed E-state index contributed by atoms with van der Waals surface area (Å²) in [6.07, 6.45) is -0.645. The Bertz CT molecular complexity index is 349. The molecule has 96 valence electrons. The molecular weight excluding hydrogens is 226 g/mol. The van der Waals surface area contributed by atoms with Crippen LogP contribution >= 0.6 is 0 Å². The Morgan fingerprint density at radius 3 is 2.82 bits per heavy atom. The van der Waals surface area contributed by atoms with Crippen LogP contribution in [0, 0.1) is 0 Å². The summed E-state index contributed by atoms with van der Waals surface area (Å²) in [6, 6.07) is 0.156. The largest absolute Gasteiger partial charge is 0.464 e. The van der Waals surface area contributed by atoms with Crippen molar-refractivity contribution in [3.8, 4) is 6.01 Å². The van der Waals surface area contributed by atoms with Gasteiger partial charge in [-0.3, -0.25) is 0 Å². The number of hydrogen-bond acceptors (Lipinski definition) is 8. The summed E-state index contributed by atoms with van der Waals surface area (Å²) < 4.78 is 9.90. The van der Waals surface area contributed by atoms with Crippen molar-refractivity contribution in [2.45, 2.75) is 13.0 Å². The Balaban J connectivity index is 2.57. The monoisotopic (exact) mass is 243 g/mol. The molecular formula is C9H17N5O3. The maximum absolute atomic E-state index is 9.43. The van der Waals surface area contributed by atoms with Crippen LogP contribution in [0.15, 0.2) is 0 Å². The van der Waals surface area contributed by atoms with Gasteiger partial charge in [0.15, 0.2) is 0 Å². The molecule has 8 heteroatoms. The summed E-state index contributed by atoms with van der Waals surface area (Å²) in [5.41, 5.74) is 5.49. The average Bonchev–Trinajstić information content (AvgIpc) is 2.26. The molecule has 1 aromatic heterocycles. The normalized spacial score (nSPS) is 12.2. The van der Waals surface area contributed by atoms with E-state index in [2.05, 4.69) is 20.3 Å². The number of nitrogens with one attached hydrogen (secondary N) is 1. The minimum atomic E-state index is -0.645. The van der Waals surface area contributed by atoms with Crippen molar-refractivity contribution >= 4 is 11.9 Å². The second-order valence-corrected chi connectivity index (χ2v) is 3.22. The van der Waals surface area contributed by atoms with Gasteiger partial charge in [0.05, 0.1) is 19.3 Å². The molecule has 0 aliphatic heterocycles. The zero-order valence-corrected chi connectivity index (χ0v) is 9.88. The first-order valence-corrected chi connectivity index (χ1v) is 5.21. The molecule has 8 nitrogen and oxygen atoms in total. The van der Waals surface area contributed by atoms with E-state index in [1.807, 2.05) is 6.92 Å². The molecule has 1 heterocycles. The van der Waals surface area contributed by atoms with E-state index in [-0.39, 0.29) is 31.1 Å². The van der Waals surface area contributed by atoms with Gasteiger partial charge in [-0.25, -0.2) is 0 Å². The van der Waals surface area contributed by atoms with Crippen LogP contribution in [-0.2, 0) is 4.74 Å². The third kappa shape index (κ3) is 4.79. The minimum absolute atomic E-state index is 0.0622. The Morgan fingerprint density at radius 2 is 2.18 bits per heavy atom. The number of nitrogens with two attached hydrogens (primary N) is 1. The van der Waals surface area contributed by atoms with Crippen molar-refractivity contribution in [3.05, 3.63) is 0 Å². The second-order valence-electron chi connectivity index (χ2n) is 3.22. The number of ether oxygens (including phenoxy) is 2. The summed E-state index contributed by atoms with van der Waals surface area (Å²) in [5, 5.41) is 12.2. The van der Waals surface area contributed by atoms with E-state index >= 15 is 0 Å². The lowest BCUT2D eigenvalue weighted by Gasteiger charge is -2.11. The SMILES string of the molecule is CCOc1nc(N)nc(NCC(O)COC)n1. The average molecular weight is 243 g/mol. The molecule has 1 atom stereocenters. The summed E-state index contributed by atoms with van der Waals surface area (Å²) in [4.78, 5) is 11.6. The smallest absolute Gasteiger partial charge is 0.323 e. The van der Waals surface area contributed by atoms with E-state index in [0.29, 0.717) is 6.61 Å². The third-order valence-electron chi connectivity index (χ3n) is 1.76. The van der Waals surface area contributed by atoms with E-state index in [9.17, 15) is 5.11 Å². The molecule has 0 amide bonds. The molecule has 0 saturated heterocycles. The number of nitrogen functional groups attached to an aromatic ring is 1. The first kappa shape index (κ1) is 13.4. The topological polar surface area (TPSA) is 115 Å². The number of aromatic nitrogens is 3. The van der Waals surface area contributed by atoms with Crippen LogP contribution in [0.2, 0.25) is 0 Å². The molecule has 0 saturated carbocycles. The second kappa shape index (κ2) is 6.81. The highest BCUT2D eigenvalue weighted by Gasteiger charge is 2.07. The molecule has 1 aromatic rings. The predicted molar refractivity (Wildman–Crippen MR) is 61.8 cm³/mol. The Labute approximate surface area is 99.2 Å². The number of nitrogens with zero attached hydrogens (tertiary/aromatic N) is 3. The lowest BCUT2D eigenvalue weighted by atomic mass is 10.4. The number of rotatable bonds is 7. The van der Waals surface area contributed by atoms with Gasteiger partial charge in [-0.15, -0.1) is 0 Å². The molecule has 0 bridgehead atoms. The zero-order valence-electron chi connectivity index (χ0n) is 9.88. The minimum Gasteiger partial charge on any atom is -0.464 e. The molecule has 17 heavy (non-hydrogen) atoms. The number of aliphatic hydroxyl groups is 1. The molecule has 0 spiro atoms. The Morgan fingerprint density at radius 1 is 1.41 bits per heavy atom. The summed E-state index contributed by atoms with van der Waals surface area (Å²) >= 11 is 0. The van der Waals surface area contributed by atoms with Crippen LogP contribution in [0.25, 0.3) is 0 Å². The van der Waals surface area contributed by atoms with E-state index < -0.39 is 6.10 Å². The van der Waals surface area contributed by atoms with Gasteiger partial charge < -0.3 is 25.6 Å². The van der Waals surface area contributed by atoms with Gasteiger partial charge in [0.25, 0.3) is 0 Å². The van der Waals surface area contributed by atoms with Crippen molar-refractivity contribution in [2.75, 3.05) is 37.9 Å². The first-order valence-electron chi connectivity index (χ1n) is 5.21. The molecule has 0 aromatic carbocycles. The Hall–Kier alpha value is -1.67. The van der Waals surface area contributed by atoms with Gasteiger partial charge in [0.1, 0.15) is 0 Å². The lowest BCUT2D eigenvalue weighted by Crippen LogP contribution is -2.25. The van der Waals surface area contributed by atoms with Gasteiger partial charge in [-0.1, -0.05) is 0 Å². The van der Waals surface area contributed by atoms with E-state index in [1.165, 1.54) is 7.11 Å². The summed E-state index contributed by atoms with van der Waals surface area (Å²) in [6.45, 7) is 2.74. The van der Waals surface area contributed by atoms with E-state index in [0.717, 1.165) is 0 Å². The fraction of sp³-hybridized carbons (Fsp3) is 0.667. The van der Waals surface area contributed by atoms with Gasteiger partial charge in [0, 0.05) is 13.7 Å². The number of anilines is 2. The van der Waals surface area contributed by atoms with Crippen molar-refractivity contribution in [1.82, 2.24) is 15.0 Å². The molecule has 0 aliphatic carbocycles. The molecule has 1 rings (SSSR count). The summed E-state index contributed by atoms with van der Waals surface area (Å²) in [7, 11) is 1.51. The molecule has 0 radical (unpaired) electrons. The van der Waals surface area contributed by atoms with Crippen LogP contribution in [0.3, 0.4) is 0 Å². The number of aliphatic hydroxyl groups excluding tert-OH is 1. The number of methoxy groups -OCH3 is 1. The van der Waals surface area contributed by atoms with Crippen LogP contribution < -0.4 is 15.8 Å². The van der Waals surface area contributed by atoms with Crippen molar-refractivity contribution in [1.29, 1.82) is 0 Å². The third-order valence-corrected chi connectivity index (χ3v) is 1.76. The van der Waals surface area contributed by atoms with Crippen molar-refractivity contribution in [2.24, 2.45) is 0 Å². The van der Waals surface area contributed by atoms with Crippen LogP contribution in [0.4, 0.5) is 11.9 Å². The van der Waals surface area contributed by atoms with Gasteiger partial charge >= 0.3 is 6.01 Å². The lowest BCUT2D eigenvalue weighted by molar-refractivity contribution is 0.0726. The van der Waals surface area contributed by atoms with Crippen LogP contribution in [-0.4, -0.2) is 53.0 Å². The van der Waals surface area contributed by atoms with Crippen LogP contribution in [0.5, 0.6) is 6.01 Å². The number of hydrogen-bond donors (Lipinski definition) is 3. The van der Waals surface area contributed by atoms with E-state index in [4.69, 9.17) is 15.2 Å². The molecule has 0 aliphatic rings. The molecule has 1 unspecified atom stereocenters. The van der Waals surface area contributed by atoms with Crippen molar-refractivity contribution < 1.29 is 14.6 Å². The summed E-state index contributed by atoms with van der Waals surface area (Å²) in [5.74, 6) is 0.322. The molecule has 4 N–H and O–H groups in total. The van der Waals surface area contributed by atoms with Gasteiger partial charge in [-0.2, -0.15) is 15.0 Å². The fourth-order valence-electron chi connectivity index (χ4n) is 1.11. The van der Waals surface area contributed by atoms with E-state index in [1.54, 1.807) is 0 Å². The maximum atomic E-state index is 9.43. The maximum Gasteiger partial charge on any atom is 0.323 e. The first-order chi connectivity index (χ1) is 8.15. The highest BCUT2D eigenvalue weighted by molar-refractivity contribution is 5.32. The standard InChI is InChI=1S/C9H17N5O3/c1-3-17-9-13-7(10)12-8(14-9)11-4-6(15)5-16-2/h6,15H,3-5H2,1-2H3,(H3,10,11,12,13,14). The highest BCUT2D eigenvalue weighted by atomic mass is 16.5.